The lowest BCUT2D eigenvalue weighted by Crippen LogP contribution is -2.01. The summed E-state index contributed by atoms with van der Waals surface area (Å²) in [6.07, 6.45) is 0. The number of carbonyl (C=O) groups excluding carboxylic acids is 1. The third kappa shape index (κ3) is 5.12. The van der Waals surface area contributed by atoms with Gasteiger partial charge in [0.2, 0.25) is 6.03 Å². The van der Waals surface area contributed by atoms with Crippen molar-refractivity contribution in [2.75, 3.05) is 25.0 Å². The Morgan fingerprint density at radius 2 is 1.58 bits per heavy atom. The van der Waals surface area contributed by atoms with Crippen LogP contribution in [0.4, 0.5) is 0 Å². The first kappa shape index (κ1) is 12.4. The molecule has 0 bridgehead atoms. The second-order valence-corrected chi connectivity index (χ2v) is 4.25. The fraction of sp³-hybridized carbons (Fsp3) is 0.800. The number of rotatable bonds is 7. The van der Waals surface area contributed by atoms with Crippen molar-refractivity contribution in [2.24, 2.45) is 0 Å². The minimum absolute atomic E-state index is 0.0137. The summed E-state index contributed by atoms with van der Waals surface area (Å²) >= 11 is 10.5. The van der Waals surface area contributed by atoms with E-state index < -0.39 is 7.60 Å². The number of halogens is 2. The Balaban J connectivity index is 3.87. The molecule has 0 heterocycles. The van der Waals surface area contributed by atoms with Crippen LogP contribution >= 0.6 is 30.8 Å². The van der Waals surface area contributed by atoms with Crippen molar-refractivity contribution in [1.29, 1.82) is 0 Å². The number of carbonyl (C=O) groups is 1. The maximum absolute atomic E-state index is 11.2. The summed E-state index contributed by atoms with van der Waals surface area (Å²) in [6.45, 7) is 0.0275. The highest BCUT2D eigenvalue weighted by atomic mass is 35.5. The molecule has 0 unspecified atom stereocenters. The molecule has 0 aromatic rings. The maximum atomic E-state index is 11.2. The summed E-state index contributed by atoms with van der Waals surface area (Å²) < 4.78 is 20.4. The number of hydrogen-bond acceptors (Lipinski definition) is 4. The average molecular weight is 235 g/mol. The molecular weight excluding hydrogens is 226 g/mol. The molecule has 0 aromatic heterocycles. The summed E-state index contributed by atoms with van der Waals surface area (Å²) in [5, 5.41) is 0. The summed E-state index contributed by atoms with van der Waals surface area (Å²) in [7, 11) is -3.58. The molecule has 7 heteroatoms. The third-order valence-corrected chi connectivity index (χ3v) is 2.48. The predicted octanol–water partition coefficient (Wildman–Crippen LogP) is 1.88. The third-order valence-electron chi connectivity index (χ3n) is 0.826. The fourth-order valence-electron chi connectivity index (χ4n) is 0.422. The van der Waals surface area contributed by atoms with Crippen LogP contribution in [-0.4, -0.2) is 31.0 Å². The molecule has 0 aromatic carbocycles. The lowest BCUT2D eigenvalue weighted by atomic mass is 10.9. The Labute approximate surface area is 80.7 Å². The van der Waals surface area contributed by atoms with Crippen LogP contribution in [0.1, 0.15) is 0 Å². The Bertz CT molecular complexity index is 163. The second kappa shape index (κ2) is 6.87. The number of hydrogen-bond donors (Lipinski definition) is 0. The summed E-state index contributed by atoms with van der Waals surface area (Å²) in [5.41, 5.74) is 0. The number of alkyl halides is 2. The van der Waals surface area contributed by atoms with Gasteiger partial charge >= 0.3 is 7.60 Å². The van der Waals surface area contributed by atoms with E-state index in [1.807, 2.05) is 0 Å². The van der Waals surface area contributed by atoms with Gasteiger partial charge in [-0.2, -0.15) is 0 Å². The van der Waals surface area contributed by atoms with Gasteiger partial charge in [0.1, 0.15) is 0 Å². The van der Waals surface area contributed by atoms with Gasteiger partial charge in [-0.25, -0.2) is 0 Å². The first-order chi connectivity index (χ1) is 5.68. The van der Waals surface area contributed by atoms with E-state index in [0.29, 0.717) is 0 Å². The lowest BCUT2D eigenvalue weighted by molar-refractivity contribution is 0.233. The molecule has 0 saturated carbocycles. The van der Waals surface area contributed by atoms with Crippen LogP contribution in [0, 0.1) is 0 Å². The van der Waals surface area contributed by atoms with Crippen molar-refractivity contribution in [3.63, 3.8) is 0 Å². The standard InChI is InChI=1S/C5H9Cl2O4P/c6-1-3-10-12(9,5-8)11-4-2-7/h5H,1-4H2. The van der Waals surface area contributed by atoms with Crippen LogP contribution in [0.15, 0.2) is 0 Å². The largest absolute Gasteiger partial charge is 0.393 e. The van der Waals surface area contributed by atoms with E-state index in [9.17, 15) is 9.36 Å². The smallest absolute Gasteiger partial charge is 0.302 e. The van der Waals surface area contributed by atoms with E-state index in [0.717, 1.165) is 0 Å². The van der Waals surface area contributed by atoms with Gasteiger partial charge in [0.25, 0.3) is 0 Å². The maximum Gasteiger partial charge on any atom is 0.393 e. The van der Waals surface area contributed by atoms with Gasteiger partial charge in [-0.15, -0.1) is 23.2 Å². The minimum Gasteiger partial charge on any atom is -0.302 e. The van der Waals surface area contributed by atoms with Crippen molar-refractivity contribution >= 4 is 36.8 Å². The predicted molar refractivity (Wildman–Crippen MR) is 47.7 cm³/mol. The quantitative estimate of drug-likeness (QED) is 0.384. The molecule has 0 spiro atoms. The van der Waals surface area contributed by atoms with Gasteiger partial charge in [-0.1, -0.05) is 0 Å². The van der Waals surface area contributed by atoms with E-state index in [4.69, 9.17) is 23.2 Å². The van der Waals surface area contributed by atoms with Crippen molar-refractivity contribution in [1.82, 2.24) is 0 Å². The highest BCUT2D eigenvalue weighted by molar-refractivity contribution is 7.69. The second-order valence-electron chi connectivity index (χ2n) is 1.69. The van der Waals surface area contributed by atoms with Crippen LogP contribution in [0.3, 0.4) is 0 Å². The lowest BCUT2D eigenvalue weighted by Gasteiger charge is -2.10. The van der Waals surface area contributed by atoms with Crippen LogP contribution in [-0.2, 0) is 18.4 Å². The Morgan fingerprint density at radius 3 is 1.83 bits per heavy atom. The first-order valence-electron chi connectivity index (χ1n) is 3.15. The van der Waals surface area contributed by atoms with Gasteiger partial charge in [-0.3, -0.25) is 9.36 Å². The van der Waals surface area contributed by atoms with Gasteiger partial charge in [0, 0.05) is 11.8 Å². The van der Waals surface area contributed by atoms with Gasteiger partial charge < -0.3 is 9.05 Å². The van der Waals surface area contributed by atoms with Crippen LogP contribution in [0.25, 0.3) is 0 Å². The molecule has 0 N–H and O–H groups in total. The topological polar surface area (TPSA) is 52.6 Å². The molecule has 12 heavy (non-hydrogen) atoms. The Kier molecular flexibility index (Phi) is 7.10. The molecule has 0 aliphatic carbocycles. The summed E-state index contributed by atoms with van der Waals surface area (Å²) in [5.74, 6) is 0.310. The van der Waals surface area contributed by atoms with Gasteiger partial charge in [0.15, 0.2) is 0 Å². The molecule has 0 saturated heterocycles. The van der Waals surface area contributed by atoms with Crippen LogP contribution in [0.5, 0.6) is 0 Å². The SMILES string of the molecule is O=CP(=O)(OCCCl)OCCCl. The van der Waals surface area contributed by atoms with Gasteiger partial charge in [0.05, 0.1) is 13.2 Å². The summed E-state index contributed by atoms with van der Waals surface area (Å²) in [6, 6.07) is 0.145. The molecular formula is C5H9Cl2O4P. The van der Waals surface area contributed by atoms with E-state index in [-0.39, 0.29) is 31.0 Å². The zero-order valence-corrected chi connectivity index (χ0v) is 8.65. The first-order valence-corrected chi connectivity index (χ1v) is 5.83. The molecule has 0 amide bonds. The highest BCUT2D eigenvalue weighted by Crippen LogP contribution is 2.44. The molecule has 0 radical (unpaired) electrons. The monoisotopic (exact) mass is 234 g/mol. The molecule has 0 aliphatic heterocycles. The highest BCUT2D eigenvalue weighted by Gasteiger charge is 2.22. The zero-order chi connectivity index (χ0) is 9.45. The normalized spacial score (nSPS) is 11.5. The molecule has 4 nitrogen and oxygen atoms in total. The summed E-state index contributed by atoms with van der Waals surface area (Å²) in [4.78, 5) is 10.2. The van der Waals surface area contributed by atoms with Crippen molar-refractivity contribution in [2.45, 2.75) is 0 Å². The molecule has 72 valence electrons. The molecule has 0 rings (SSSR count). The molecule has 0 fully saturated rings. The van der Waals surface area contributed by atoms with E-state index in [2.05, 4.69) is 9.05 Å². The Hall–Kier alpha value is 0.400. The van der Waals surface area contributed by atoms with Crippen molar-refractivity contribution in [3.8, 4) is 0 Å². The zero-order valence-electron chi connectivity index (χ0n) is 6.24. The van der Waals surface area contributed by atoms with Gasteiger partial charge in [-0.05, 0) is 0 Å². The van der Waals surface area contributed by atoms with E-state index >= 15 is 0 Å². The molecule has 0 aliphatic rings. The van der Waals surface area contributed by atoms with Crippen LogP contribution < -0.4 is 0 Å². The van der Waals surface area contributed by atoms with E-state index in [1.54, 1.807) is 0 Å². The minimum atomic E-state index is -3.58. The average Bonchev–Trinajstić information content (AvgIpc) is 2.11. The molecule has 0 atom stereocenters. The van der Waals surface area contributed by atoms with E-state index in [1.165, 1.54) is 0 Å². The van der Waals surface area contributed by atoms with Crippen molar-refractivity contribution < 1.29 is 18.4 Å². The van der Waals surface area contributed by atoms with Crippen LogP contribution in [0.2, 0.25) is 0 Å². The van der Waals surface area contributed by atoms with Crippen molar-refractivity contribution in [3.05, 3.63) is 0 Å². The fourth-order valence-corrected chi connectivity index (χ4v) is 1.68. The Morgan fingerprint density at radius 1 is 1.17 bits per heavy atom.